The first-order valence-electron chi connectivity index (χ1n) is 6.88. The van der Waals surface area contributed by atoms with Crippen molar-refractivity contribution in [1.29, 1.82) is 0 Å². The molecule has 0 saturated heterocycles. The number of aromatic nitrogens is 2. The molecule has 0 aliphatic heterocycles. The first-order valence-corrected chi connectivity index (χ1v) is 6.88. The Morgan fingerprint density at radius 2 is 1.80 bits per heavy atom. The van der Waals surface area contributed by atoms with Crippen molar-refractivity contribution in [2.75, 3.05) is 6.54 Å². The molecule has 0 bridgehead atoms. The van der Waals surface area contributed by atoms with Crippen LogP contribution in [0.15, 0.2) is 59.6 Å². The van der Waals surface area contributed by atoms with Crippen molar-refractivity contribution in [3.8, 4) is 0 Å². The molecular weight excluding hydrogens is 246 g/mol. The highest BCUT2D eigenvalue weighted by Gasteiger charge is 2.00. The Kier molecular flexibility index (Phi) is 3.88. The van der Waals surface area contributed by atoms with Crippen molar-refractivity contribution in [2.24, 2.45) is 4.99 Å². The van der Waals surface area contributed by atoms with Crippen molar-refractivity contribution >= 4 is 17.2 Å². The summed E-state index contributed by atoms with van der Waals surface area (Å²) in [4.78, 5) is 12.3. The standard InChI is InChI=1S/C17H17N3/c1-2-6-14(7-3-1)10-12-18-13-11-17-19-15-8-4-5-9-16(15)20-17/h1-9,12H,10-11,13H2,(H,19,20). The average Bonchev–Trinajstić information content (AvgIpc) is 2.90. The van der Waals surface area contributed by atoms with Gasteiger partial charge in [-0.25, -0.2) is 4.98 Å². The fraction of sp³-hybridized carbons (Fsp3) is 0.176. The molecule has 0 spiro atoms. The van der Waals surface area contributed by atoms with E-state index in [2.05, 4.69) is 39.2 Å². The second kappa shape index (κ2) is 6.15. The SMILES string of the molecule is C(Cc1ccccc1)=NCCc1nc2ccccc2[nH]1. The Morgan fingerprint density at radius 3 is 2.65 bits per heavy atom. The van der Waals surface area contributed by atoms with Crippen LogP contribution in [0.5, 0.6) is 0 Å². The second-order valence-electron chi connectivity index (χ2n) is 4.73. The summed E-state index contributed by atoms with van der Waals surface area (Å²) in [6, 6.07) is 18.5. The third-order valence-electron chi connectivity index (χ3n) is 3.22. The third-order valence-corrected chi connectivity index (χ3v) is 3.22. The van der Waals surface area contributed by atoms with Crippen molar-refractivity contribution in [3.05, 3.63) is 66.0 Å². The van der Waals surface area contributed by atoms with Gasteiger partial charge in [0.2, 0.25) is 0 Å². The predicted octanol–water partition coefficient (Wildman–Crippen LogP) is 3.42. The summed E-state index contributed by atoms with van der Waals surface area (Å²) in [5, 5.41) is 0. The number of para-hydroxylation sites is 2. The molecule has 1 N–H and O–H groups in total. The van der Waals surface area contributed by atoms with E-state index < -0.39 is 0 Å². The van der Waals surface area contributed by atoms with Crippen LogP contribution in [-0.2, 0) is 12.8 Å². The summed E-state index contributed by atoms with van der Waals surface area (Å²) >= 11 is 0. The fourth-order valence-corrected chi connectivity index (χ4v) is 2.17. The van der Waals surface area contributed by atoms with E-state index in [1.165, 1.54) is 5.56 Å². The number of aliphatic imine (C=N–C) groups is 1. The minimum absolute atomic E-state index is 0.770. The van der Waals surface area contributed by atoms with Crippen LogP contribution in [0.25, 0.3) is 11.0 Å². The molecule has 0 aliphatic rings. The van der Waals surface area contributed by atoms with Gasteiger partial charge in [-0.05, 0) is 17.7 Å². The lowest BCUT2D eigenvalue weighted by molar-refractivity contribution is 0.901. The number of benzene rings is 2. The molecule has 2 aromatic carbocycles. The first-order chi connectivity index (χ1) is 9.92. The fourth-order valence-electron chi connectivity index (χ4n) is 2.17. The Hall–Kier alpha value is -2.42. The second-order valence-corrected chi connectivity index (χ2v) is 4.73. The molecule has 0 atom stereocenters. The molecule has 1 aromatic heterocycles. The highest BCUT2D eigenvalue weighted by Crippen LogP contribution is 2.10. The van der Waals surface area contributed by atoms with E-state index in [0.29, 0.717) is 0 Å². The molecule has 20 heavy (non-hydrogen) atoms. The van der Waals surface area contributed by atoms with E-state index in [1.807, 2.05) is 36.5 Å². The number of nitrogens with one attached hydrogen (secondary N) is 1. The van der Waals surface area contributed by atoms with Crippen LogP contribution in [0, 0.1) is 0 Å². The van der Waals surface area contributed by atoms with Crippen LogP contribution in [0.2, 0.25) is 0 Å². The molecule has 0 unspecified atom stereocenters. The van der Waals surface area contributed by atoms with Crippen molar-refractivity contribution in [1.82, 2.24) is 9.97 Å². The van der Waals surface area contributed by atoms with Crippen LogP contribution in [-0.4, -0.2) is 22.7 Å². The number of aromatic amines is 1. The van der Waals surface area contributed by atoms with Gasteiger partial charge in [0, 0.05) is 25.6 Å². The third kappa shape index (κ3) is 3.12. The van der Waals surface area contributed by atoms with E-state index in [0.717, 1.165) is 36.2 Å². The molecule has 100 valence electrons. The lowest BCUT2D eigenvalue weighted by atomic mass is 10.2. The van der Waals surface area contributed by atoms with Gasteiger partial charge in [-0.15, -0.1) is 0 Å². The minimum Gasteiger partial charge on any atom is -0.342 e. The van der Waals surface area contributed by atoms with E-state index >= 15 is 0 Å². The summed E-state index contributed by atoms with van der Waals surface area (Å²) in [7, 11) is 0. The quantitative estimate of drug-likeness (QED) is 0.704. The maximum atomic E-state index is 4.54. The van der Waals surface area contributed by atoms with E-state index in [1.54, 1.807) is 0 Å². The molecule has 1 heterocycles. The molecule has 3 heteroatoms. The lowest BCUT2D eigenvalue weighted by Crippen LogP contribution is -1.93. The summed E-state index contributed by atoms with van der Waals surface area (Å²) in [6.07, 6.45) is 3.72. The smallest absolute Gasteiger partial charge is 0.109 e. The normalized spacial score (nSPS) is 11.4. The average molecular weight is 263 g/mol. The number of rotatable bonds is 5. The molecule has 0 fully saturated rings. The molecule has 0 amide bonds. The maximum Gasteiger partial charge on any atom is 0.109 e. The van der Waals surface area contributed by atoms with Crippen molar-refractivity contribution < 1.29 is 0 Å². The highest BCUT2D eigenvalue weighted by atomic mass is 14.9. The highest BCUT2D eigenvalue weighted by molar-refractivity contribution is 5.74. The number of H-pyrrole nitrogens is 1. The topological polar surface area (TPSA) is 41.0 Å². The van der Waals surface area contributed by atoms with Gasteiger partial charge in [0.1, 0.15) is 5.82 Å². The zero-order chi connectivity index (χ0) is 13.6. The molecular formula is C17H17N3. The van der Waals surface area contributed by atoms with Gasteiger partial charge >= 0.3 is 0 Å². The zero-order valence-corrected chi connectivity index (χ0v) is 11.3. The van der Waals surface area contributed by atoms with Gasteiger partial charge in [0.25, 0.3) is 0 Å². The van der Waals surface area contributed by atoms with Crippen molar-refractivity contribution in [3.63, 3.8) is 0 Å². The van der Waals surface area contributed by atoms with Crippen LogP contribution < -0.4 is 0 Å². The number of hydrogen-bond donors (Lipinski definition) is 1. The maximum absolute atomic E-state index is 4.54. The zero-order valence-electron chi connectivity index (χ0n) is 11.3. The van der Waals surface area contributed by atoms with E-state index in [4.69, 9.17) is 0 Å². The number of hydrogen-bond acceptors (Lipinski definition) is 2. The van der Waals surface area contributed by atoms with Gasteiger partial charge < -0.3 is 4.98 Å². The molecule has 3 nitrogen and oxygen atoms in total. The summed E-state index contributed by atoms with van der Waals surface area (Å²) in [5.74, 6) is 1.00. The molecule has 0 radical (unpaired) electrons. The van der Waals surface area contributed by atoms with Gasteiger partial charge in [-0.3, -0.25) is 4.99 Å². The van der Waals surface area contributed by atoms with Crippen molar-refractivity contribution in [2.45, 2.75) is 12.8 Å². The lowest BCUT2D eigenvalue weighted by Gasteiger charge is -1.94. The molecule has 3 rings (SSSR count). The number of imidazole rings is 1. The minimum atomic E-state index is 0.770. The number of nitrogens with zero attached hydrogens (tertiary/aromatic N) is 2. The monoisotopic (exact) mass is 263 g/mol. The summed E-state index contributed by atoms with van der Waals surface area (Å²) in [5.41, 5.74) is 3.41. The number of fused-ring (bicyclic) bond motifs is 1. The predicted molar refractivity (Wildman–Crippen MR) is 83.3 cm³/mol. The van der Waals surface area contributed by atoms with Crippen LogP contribution in [0.3, 0.4) is 0 Å². The van der Waals surface area contributed by atoms with Crippen LogP contribution in [0.1, 0.15) is 11.4 Å². The van der Waals surface area contributed by atoms with Gasteiger partial charge in [-0.1, -0.05) is 42.5 Å². The Balaban J connectivity index is 1.52. The van der Waals surface area contributed by atoms with E-state index in [-0.39, 0.29) is 0 Å². The molecule has 3 aromatic rings. The first kappa shape index (κ1) is 12.6. The Morgan fingerprint density at radius 1 is 1.00 bits per heavy atom. The molecule has 0 aliphatic carbocycles. The van der Waals surface area contributed by atoms with Gasteiger partial charge in [0.05, 0.1) is 11.0 Å². The van der Waals surface area contributed by atoms with Crippen LogP contribution in [0.4, 0.5) is 0 Å². The van der Waals surface area contributed by atoms with Gasteiger partial charge in [0.15, 0.2) is 0 Å². The summed E-state index contributed by atoms with van der Waals surface area (Å²) in [6.45, 7) is 0.770. The van der Waals surface area contributed by atoms with Gasteiger partial charge in [-0.2, -0.15) is 0 Å². The Bertz CT molecular complexity index is 665. The Labute approximate surface area is 118 Å². The van der Waals surface area contributed by atoms with E-state index in [9.17, 15) is 0 Å². The molecule has 0 saturated carbocycles. The summed E-state index contributed by atoms with van der Waals surface area (Å²) < 4.78 is 0. The largest absolute Gasteiger partial charge is 0.342 e. The van der Waals surface area contributed by atoms with Crippen LogP contribution >= 0.6 is 0 Å².